The molecule has 0 spiro atoms. The monoisotopic (exact) mass is 493 g/mol. The van der Waals surface area contributed by atoms with E-state index in [2.05, 4.69) is 28.9 Å². The molecular weight excluding hydrogens is 462 g/mol. The summed E-state index contributed by atoms with van der Waals surface area (Å²) in [7, 11) is 0. The highest BCUT2D eigenvalue weighted by atomic mass is 32.1. The van der Waals surface area contributed by atoms with Crippen molar-refractivity contribution in [3.63, 3.8) is 0 Å². The van der Waals surface area contributed by atoms with Crippen LogP contribution >= 0.6 is 11.3 Å². The second-order valence-corrected chi connectivity index (χ2v) is 10.7. The topological polar surface area (TPSA) is 105 Å². The van der Waals surface area contributed by atoms with Crippen molar-refractivity contribution in [1.29, 1.82) is 0 Å². The second-order valence-electron chi connectivity index (χ2n) is 9.55. The van der Waals surface area contributed by atoms with Gasteiger partial charge in [-0.3, -0.25) is 14.4 Å². The Morgan fingerprint density at radius 3 is 2.54 bits per heavy atom. The highest BCUT2D eigenvalue weighted by molar-refractivity contribution is 7.15. The maximum atomic E-state index is 12.8. The summed E-state index contributed by atoms with van der Waals surface area (Å²) in [5.74, 6) is 6.18. The van der Waals surface area contributed by atoms with Gasteiger partial charge in [0.25, 0.3) is 0 Å². The number of thiophene rings is 1. The quantitative estimate of drug-likeness (QED) is 0.391. The van der Waals surface area contributed by atoms with E-state index in [9.17, 15) is 4.79 Å². The molecule has 0 amide bonds. The lowest BCUT2D eigenvalue weighted by Crippen LogP contribution is -2.25. The number of carbonyl (C=O) groups is 1. The fourth-order valence-electron chi connectivity index (χ4n) is 4.06. The number of nitrogens with zero attached hydrogens (tertiary/aromatic N) is 4. The van der Waals surface area contributed by atoms with E-state index >= 15 is 0 Å². The third kappa shape index (κ3) is 5.27. The summed E-state index contributed by atoms with van der Waals surface area (Å²) in [5, 5.41) is 9.79. The van der Waals surface area contributed by atoms with Gasteiger partial charge in [-0.05, 0) is 52.7 Å². The molecule has 184 valence electrons. The van der Waals surface area contributed by atoms with Crippen LogP contribution in [0.5, 0.6) is 0 Å². The Hall–Kier alpha value is -3.14. The standard InChI is InChI=1S/C26H31N5O3S/c1-15-16(2)35-25-22(15)23(19-11-9-18(10-12-19)8-7-13-33-27)28-20(14-21(32)34-26(4,5)6)24-30-29-17(3)31(24)25/h7-12,20H,13-14,27H2,1-6H3/b8-7+/t20-/m0/s1. The Kier molecular flexibility index (Phi) is 7.02. The van der Waals surface area contributed by atoms with E-state index in [0.29, 0.717) is 12.4 Å². The molecular formula is C26H31N5O3S. The largest absolute Gasteiger partial charge is 0.460 e. The van der Waals surface area contributed by atoms with E-state index in [-0.39, 0.29) is 12.4 Å². The lowest BCUT2D eigenvalue weighted by atomic mass is 9.98. The smallest absolute Gasteiger partial charge is 0.308 e. The lowest BCUT2D eigenvalue weighted by Gasteiger charge is -2.21. The molecule has 1 aliphatic rings. The Bertz CT molecular complexity index is 1300. The number of rotatable bonds is 6. The highest BCUT2D eigenvalue weighted by Crippen LogP contribution is 2.39. The first-order valence-corrected chi connectivity index (χ1v) is 12.3. The Balaban J connectivity index is 1.83. The minimum atomic E-state index is -0.581. The van der Waals surface area contributed by atoms with Crippen molar-refractivity contribution < 1.29 is 14.4 Å². The summed E-state index contributed by atoms with van der Waals surface area (Å²) in [6.45, 7) is 12.1. The van der Waals surface area contributed by atoms with Crippen LogP contribution in [-0.2, 0) is 14.4 Å². The predicted molar refractivity (Wildman–Crippen MR) is 138 cm³/mol. The van der Waals surface area contributed by atoms with Crippen molar-refractivity contribution >= 4 is 29.1 Å². The maximum Gasteiger partial charge on any atom is 0.308 e. The summed E-state index contributed by atoms with van der Waals surface area (Å²) in [6, 6.07) is 7.61. The van der Waals surface area contributed by atoms with Crippen LogP contribution in [0.15, 0.2) is 35.3 Å². The van der Waals surface area contributed by atoms with Crippen molar-refractivity contribution in [2.75, 3.05) is 6.61 Å². The molecule has 2 aromatic heterocycles. The van der Waals surface area contributed by atoms with Crippen molar-refractivity contribution in [2.45, 2.75) is 59.6 Å². The van der Waals surface area contributed by atoms with Crippen molar-refractivity contribution in [3.8, 4) is 5.00 Å². The van der Waals surface area contributed by atoms with Gasteiger partial charge in [-0.25, -0.2) is 5.90 Å². The first-order valence-electron chi connectivity index (χ1n) is 11.5. The van der Waals surface area contributed by atoms with Crippen LogP contribution in [0.25, 0.3) is 11.1 Å². The van der Waals surface area contributed by atoms with Gasteiger partial charge in [0.05, 0.1) is 18.7 Å². The third-order valence-corrected chi connectivity index (χ3v) is 6.90. The van der Waals surface area contributed by atoms with E-state index in [1.807, 2.05) is 68.7 Å². The van der Waals surface area contributed by atoms with E-state index < -0.39 is 11.6 Å². The van der Waals surface area contributed by atoms with Crippen LogP contribution in [0.4, 0.5) is 0 Å². The second kappa shape index (κ2) is 9.85. The number of aromatic nitrogens is 3. The summed E-state index contributed by atoms with van der Waals surface area (Å²) in [6.07, 6.45) is 3.88. The SMILES string of the molecule is Cc1sc2c(c1C)C(c1ccc(/C=C/CON)cc1)=N[C@@H](CC(=O)OC(C)(C)C)c1nnc(C)n1-2. The van der Waals surface area contributed by atoms with Crippen LogP contribution in [0.1, 0.15) is 72.0 Å². The zero-order valence-electron chi connectivity index (χ0n) is 21.0. The molecule has 0 unspecified atom stereocenters. The van der Waals surface area contributed by atoms with Gasteiger partial charge in [-0.2, -0.15) is 0 Å². The summed E-state index contributed by atoms with van der Waals surface area (Å²) in [4.78, 5) is 23.8. The number of ether oxygens (including phenoxy) is 1. The van der Waals surface area contributed by atoms with E-state index in [1.54, 1.807) is 11.3 Å². The molecule has 0 saturated heterocycles. The zero-order valence-corrected chi connectivity index (χ0v) is 21.8. The molecule has 1 aliphatic heterocycles. The molecule has 0 aliphatic carbocycles. The Morgan fingerprint density at radius 2 is 1.89 bits per heavy atom. The van der Waals surface area contributed by atoms with Gasteiger partial charge < -0.3 is 9.57 Å². The number of esters is 1. The molecule has 8 nitrogen and oxygen atoms in total. The molecule has 0 saturated carbocycles. The fourth-order valence-corrected chi connectivity index (χ4v) is 5.27. The minimum absolute atomic E-state index is 0.0752. The van der Waals surface area contributed by atoms with Gasteiger partial charge in [0.15, 0.2) is 5.82 Å². The molecule has 35 heavy (non-hydrogen) atoms. The molecule has 9 heteroatoms. The lowest BCUT2D eigenvalue weighted by molar-refractivity contribution is -0.155. The normalized spacial score (nSPS) is 15.5. The van der Waals surface area contributed by atoms with Crippen molar-refractivity contribution in [3.05, 3.63) is 69.1 Å². The average molecular weight is 494 g/mol. The van der Waals surface area contributed by atoms with E-state index in [1.165, 1.54) is 4.88 Å². The summed E-state index contributed by atoms with van der Waals surface area (Å²) < 4.78 is 7.66. The number of aliphatic imine (C=N–C) groups is 1. The molecule has 1 aromatic carbocycles. The van der Waals surface area contributed by atoms with Gasteiger partial charge in [0.1, 0.15) is 22.5 Å². The van der Waals surface area contributed by atoms with Gasteiger partial charge in [0, 0.05) is 16.0 Å². The van der Waals surface area contributed by atoms with Crippen LogP contribution in [-0.4, -0.2) is 38.7 Å². The van der Waals surface area contributed by atoms with Gasteiger partial charge in [-0.1, -0.05) is 36.4 Å². The van der Waals surface area contributed by atoms with Crippen molar-refractivity contribution in [2.24, 2.45) is 10.9 Å². The van der Waals surface area contributed by atoms with E-state index in [4.69, 9.17) is 15.6 Å². The summed E-state index contributed by atoms with van der Waals surface area (Å²) in [5.41, 5.74) is 4.44. The number of carbonyl (C=O) groups excluding carboxylic acids is 1. The average Bonchev–Trinajstić information content (AvgIpc) is 3.25. The third-order valence-electron chi connectivity index (χ3n) is 5.71. The van der Waals surface area contributed by atoms with Crippen LogP contribution in [0, 0.1) is 20.8 Å². The number of nitrogens with two attached hydrogens (primary N) is 1. The van der Waals surface area contributed by atoms with E-state index in [0.717, 1.165) is 38.8 Å². The number of benzene rings is 1. The molecule has 0 radical (unpaired) electrons. The molecule has 3 heterocycles. The molecule has 2 N–H and O–H groups in total. The van der Waals surface area contributed by atoms with Crippen LogP contribution in [0.3, 0.4) is 0 Å². The maximum absolute atomic E-state index is 12.8. The number of fused-ring (bicyclic) bond motifs is 3. The van der Waals surface area contributed by atoms with Crippen LogP contribution < -0.4 is 5.90 Å². The van der Waals surface area contributed by atoms with Gasteiger partial charge in [0.2, 0.25) is 0 Å². The molecule has 1 atom stereocenters. The number of hydrogen-bond donors (Lipinski definition) is 1. The molecule has 3 aromatic rings. The molecule has 0 fully saturated rings. The molecule has 0 bridgehead atoms. The highest BCUT2D eigenvalue weighted by Gasteiger charge is 2.33. The molecule has 4 rings (SSSR count). The predicted octanol–water partition coefficient (Wildman–Crippen LogP) is 4.78. The van der Waals surface area contributed by atoms with Crippen LogP contribution in [0.2, 0.25) is 0 Å². The Morgan fingerprint density at radius 1 is 1.17 bits per heavy atom. The number of aryl methyl sites for hydroxylation is 2. The van der Waals surface area contributed by atoms with Gasteiger partial charge in [-0.15, -0.1) is 21.5 Å². The van der Waals surface area contributed by atoms with Gasteiger partial charge >= 0.3 is 5.97 Å². The number of hydrogen-bond acceptors (Lipinski definition) is 8. The van der Waals surface area contributed by atoms with Crippen molar-refractivity contribution in [1.82, 2.24) is 14.8 Å². The first kappa shape index (κ1) is 25.0. The fraction of sp³-hybridized carbons (Fsp3) is 0.385. The summed E-state index contributed by atoms with van der Waals surface area (Å²) >= 11 is 1.69. The Labute approximate surface area is 209 Å². The first-order chi connectivity index (χ1) is 16.6. The minimum Gasteiger partial charge on any atom is -0.460 e. The zero-order chi connectivity index (χ0) is 25.3.